The van der Waals surface area contributed by atoms with Crippen LogP contribution in [0, 0.1) is 17.0 Å². The predicted molar refractivity (Wildman–Crippen MR) is 65.3 cm³/mol. The van der Waals surface area contributed by atoms with Crippen molar-refractivity contribution in [1.82, 2.24) is 0 Å². The standard InChI is InChI=1S/C11H11F3N2O5/c1-5-7(15-4-9(17)11(12,13)14)2-6(10(18)19)3-8(5)16(20)21/h2-3,9,15,17H,4H2,1H3,(H,18,19). The molecular weight excluding hydrogens is 297 g/mol. The van der Waals surface area contributed by atoms with Gasteiger partial charge >= 0.3 is 12.1 Å². The molecule has 1 atom stereocenters. The molecule has 116 valence electrons. The summed E-state index contributed by atoms with van der Waals surface area (Å²) in [6.07, 6.45) is -7.53. The third kappa shape index (κ3) is 4.05. The summed E-state index contributed by atoms with van der Waals surface area (Å²) < 4.78 is 36.5. The molecule has 1 rings (SSSR count). The number of nitro benzene ring substituents is 1. The molecule has 21 heavy (non-hydrogen) atoms. The SMILES string of the molecule is Cc1c(NCC(O)C(F)(F)F)cc(C(=O)O)cc1[N+](=O)[O-]. The van der Waals surface area contributed by atoms with Gasteiger partial charge in [-0.3, -0.25) is 10.1 Å². The van der Waals surface area contributed by atoms with Crippen molar-refractivity contribution < 1.29 is 33.1 Å². The molecule has 0 saturated heterocycles. The second kappa shape index (κ2) is 5.95. The van der Waals surface area contributed by atoms with Gasteiger partial charge in [-0.15, -0.1) is 0 Å². The van der Waals surface area contributed by atoms with Crippen molar-refractivity contribution in [3.63, 3.8) is 0 Å². The van der Waals surface area contributed by atoms with Crippen molar-refractivity contribution in [2.75, 3.05) is 11.9 Å². The van der Waals surface area contributed by atoms with Crippen molar-refractivity contribution in [1.29, 1.82) is 0 Å². The molecule has 0 aliphatic rings. The maximum Gasteiger partial charge on any atom is 0.416 e. The van der Waals surface area contributed by atoms with E-state index >= 15 is 0 Å². The number of carbonyl (C=O) groups is 1. The molecule has 1 unspecified atom stereocenters. The average molecular weight is 308 g/mol. The Balaban J connectivity index is 3.11. The Bertz CT molecular complexity index is 574. The van der Waals surface area contributed by atoms with E-state index < -0.39 is 41.0 Å². The van der Waals surface area contributed by atoms with Crippen molar-refractivity contribution >= 4 is 17.3 Å². The molecule has 0 bridgehead atoms. The smallest absolute Gasteiger partial charge is 0.416 e. The number of carboxylic acids is 1. The summed E-state index contributed by atoms with van der Waals surface area (Å²) in [7, 11) is 0. The molecule has 0 aliphatic heterocycles. The number of rotatable bonds is 5. The molecule has 0 spiro atoms. The number of hydrogen-bond acceptors (Lipinski definition) is 5. The first kappa shape index (κ1) is 16.7. The third-order valence-electron chi connectivity index (χ3n) is 2.69. The van der Waals surface area contributed by atoms with E-state index in [1.54, 1.807) is 0 Å². The first-order chi connectivity index (χ1) is 9.54. The van der Waals surface area contributed by atoms with Crippen LogP contribution in [0.15, 0.2) is 12.1 Å². The second-order valence-electron chi connectivity index (χ2n) is 4.17. The van der Waals surface area contributed by atoms with Crippen LogP contribution in [-0.2, 0) is 0 Å². The number of nitrogens with one attached hydrogen (secondary N) is 1. The number of nitro groups is 1. The van der Waals surface area contributed by atoms with Crippen LogP contribution in [0.25, 0.3) is 0 Å². The number of hydrogen-bond donors (Lipinski definition) is 3. The minimum Gasteiger partial charge on any atom is -0.478 e. The van der Waals surface area contributed by atoms with Crippen LogP contribution < -0.4 is 5.32 Å². The zero-order chi connectivity index (χ0) is 16.4. The summed E-state index contributed by atoms with van der Waals surface area (Å²) >= 11 is 0. The topological polar surface area (TPSA) is 113 Å². The molecule has 3 N–H and O–H groups in total. The molecule has 0 radical (unpaired) electrons. The molecule has 0 heterocycles. The van der Waals surface area contributed by atoms with Gasteiger partial charge in [0.1, 0.15) is 0 Å². The first-order valence-electron chi connectivity index (χ1n) is 5.55. The van der Waals surface area contributed by atoms with Crippen molar-refractivity contribution in [2.45, 2.75) is 19.2 Å². The maximum atomic E-state index is 12.2. The fourth-order valence-electron chi connectivity index (χ4n) is 1.52. The van der Waals surface area contributed by atoms with Gasteiger partial charge in [0.05, 0.1) is 10.5 Å². The normalized spacial score (nSPS) is 12.8. The molecule has 7 nitrogen and oxygen atoms in total. The van der Waals surface area contributed by atoms with Crippen LogP contribution >= 0.6 is 0 Å². The Labute approximate surface area is 116 Å². The Kier molecular flexibility index (Phi) is 4.73. The summed E-state index contributed by atoms with van der Waals surface area (Å²) in [6.45, 7) is 0.302. The number of aromatic carboxylic acids is 1. The van der Waals surface area contributed by atoms with Crippen LogP contribution in [0.4, 0.5) is 24.5 Å². The molecule has 0 aromatic heterocycles. The molecule has 0 aliphatic carbocycles. The summed E-state index contributed by atoms with van der Waals surface area (Å²) in [4.78, 5) is 20.8. The summed E-state index contributed by atoms with van der Waals surface area (Å²) in [5.41, 5.74) is -1.18. The van der Waals surface area contributed by atoms with E-state index in [0.717, 1.165) is 12.1 Å². The fourth-order valence-corrected chi connectivity index (χ4v) is 1.52. The summed E-state index contributed by atoms with van der Waals surface area (Å²) in [5, 5.41) is 30.7. The molecular formula is C11H11F3N2O5. The lowest BCUT2D eigenvalue weighted by Gasteiger charge is -2.17. The largest absolute Gasteiger partial charge is 0.478 e. The number of aliphatic hydroxyl groups excluding tert-OH is 1. The number of halogens is 3. The zero-order valence-corrected chi connectivity index (χ0v) is 10.6. The van der Waals surface area contributed by atoms with Gasteiger partial charge in [-0.25, -0.2) is 4.79 Å². The third-order valence-corrected chi connectivity index (χ3v) is 2.69. The van der Waals surface area contributed by atoms with Gasteiger partial charge in [0.25, 0.3) is 5.69 Å². The summed E-state index contributed by atoms with van der Waals surface area (Å²) in [6, 6.07) is 1.77. The number of carboxylic acid groups (broad SMARTS) is 1. The second-order valence-corrected chi connectivity index (χ2v) is 4.17. The van der Waals surface area contributed by atoms with Crippen molar-refractivity contribution in [3.05, 3.63) is 33.4 Å². The van der Waals surface area contributed by atoms with E-state index in [0.29, 0.717) is 0 Å². The Morgan fingerprint density at radius 1 is 1.48 bits per heavy atom. The number of benzene rings is 1. The number of alkyl halides is 3. The van der Waals surface area contributed by atoms with Crippen LogP contribution in [0.3, 0.4) is 0 Å². The van der Waals surface area contributed by atoms with Gasteiger partial charge in [0.2, 0.25) is 0 Å². The molecule has 0 saturated carbocycles. The van der Waals surface area contributed by atoms with E-state index in [4.69, 9.17) is 10.2 Å². The molecule has 0 fully saturated rings. The number of aliphatic hydroxyl groups is 1. The van der Waals surface area contributed by atoms with Gasteiger partial charge in [0.15, 0.2) is 6.10 Å². The van der Waals surface area contributed by atoms with E-state index in [1.807, 2.05) is 0 Å². The highest BCUT2D eigenvalue weighted by Gasteiger charge is 2.38. The van der Waals surface area contributed by atoms with Crippen LogP contribution in [0.5, 0.6) is 0 Å². The molecule has 10 heteroatoms. The quantitative estimate of drug-likeness (QED) is 0.566. The van der Waals surface area contributed by atoms with E-state index in [2.05, 4.69) is 5.32 Å². The fraction of sp³-hybridized carbons (Fsp3) is 0.364. The number of nitrogens with zero attached hydrogens (tertiary/aromatic N) is 1. The average Bonchev–Trinajstić information content (AvgIpc) is 2.35. The lowest BCUT2D eigenvalue weighted by Crippen LogP contribution is -2.35. The highest BCUT2D eigenvalue weighted by atomic mass is 19.4. The maximum absolute atomic E-state index is 12.2. The Hall–Kier alpha value is -2.36. The van der Waals surface area contributed by atoms with Crippen LogP contribution in [-0.4, -0.2) is 39.9 Å². The molecule has 0 amide bonds. The Morgan fingerprint density at radius 2 is 2.05 bits per heavy atom. The van der Waals surface area contributed by atoms with Gasteiger partial charge in [0, 0.05) is 23.9 Å². The lowest BCUT2D eigenvalue weighted by molar-refractivity contribution is -0.385. The van der Waals surface area contributed by atoms with E-state index in [9.17, 15) is 28.1 Å². The van der Waals surface area contributed by atoms with Gasteiger partial charge in [-0.05, 0) is 13.0 Å². The van der Waals surface area contributed by atoms with E-state index in [-0.39, 0.29) is 11.3 Å². The van der Waals surface area contributed by atoms with Crippen LogP contribution in [0.2, 0.25) is 0 Å². The van der Waals surface area contributed by atoms with Gasteiger partial charge < -0.3 is 15.5 Å². The van der Waals surface area contributed by atoms with E-state index in [1.165, 1.54) is 6.92 Å². The van der Waals surface area contributed by atoms with Gasteiger partial charge in [-0.1, -0.05) is 0 Å². The van der Waals surface area contributed by atoms with Crippen molar-refractivity contribution in [3.8, 4) is 0 Å². The van der Waals surface area contributed by atoms with Gasteiger partial charge in [-0.2, -0.15) is 13.2 Å². The minimum absolute atomic E-state index is 0.0284. The zero-order valence-electron chi connectivity index (χ0n) is 10.6. The predicted octanol–water partition coefficient (Wildman–Crippen LogP) is 1.94. The van der Waals surface area contributed by atoms with Crippen molar-refractivity contribution in [2.24, 2.45) is 0 Å². The monoisotopic (exact) mass is 308 g/mol. The highest BCUT2D eigenvalue weighted by Crippen LogP contribution is 2.28. The molecule has 1 aromatic rings. The molecule has 1 aromatic carbocycles. The minimum atomic E-state index is -4.85. The first-order valence-corrected chi connectivity index (χ1v) is 5.55. The highest BCUT2D eigenvalue weighted by molar-refractivity contribution is 5.90. The Morgan fingerprint density at radius 3 is 2.48 bits per heavy atom. The summed E-state index contributed by atoms with van der Waals surface area (Å²) in [5.74, 6) is -1.46. The number of anilines is 1. The van der Waals surface area contributed by atoms with Crippen LogP contribution in [0.1, 0.15) is 15.9 Å². The lowest BCUT2D eigenvalue weighted by atomic mass is 10.1.